The van der Waals surface area contributed by atoms with E-state index in [0.29, 0.717) is 5.69 Å². The van der Waals surface area contributed by atoms with E-state index in [1.807, 2.05) is 31.2 Å². The molecular weight excluding hydrogens is 280 g/mol. The number of hydrogen-bond donors (Lipinski definition) is 2. The number of rotatable bonds is 3. The number of para-hydroxylation sites is 2. The molecule has 0 unspecified atom stereocenters. The number of benzene rings is 2. The fourth-order valence-corrected chi connectivity index (χ4v) is 1.95. The van der Waals surface area contributed by atoms with Crippen LogP contribution in [0.25, 0.3) is 5.69 Å². The SMILES string of the molecule is Cc1ccc(-n2cnc(C(=O)Nc3ccccc3O)n2)cc1. The van der Waals surface area contributed by atoms with Crippen molar-refractivity contribution < 1.29 is 9.90 Å². The second kappa shape index (κ2) is 5.69. The Balaban J connectivity index is 1.80. The summed E-state index contributed by atoms with van der Waals surface area (Å²) in [7, 11) is 0. The van der Waals surface area contributed by atoms with Gasteiger partial charge in [0.2, 0.25) is 5.82 Å². The topological polar surface area (TPSA) is 80.0 Å². The van der Waals surface area contributed by atoms with Gasteiger partial charge in [-0.25, -0.2) is 9.67 Å². The maximum absolute atomic E-state index is 12.1. The van der Waals surface area contributed by atoms with Gasteiger partial charge in [0.1, 0.15) is 12.1 Å². The summed E-state index contributed by atoms with van der Waals surface area (Å²) in [6.07, 6.45) is 1.48. The number of aromatic hydroxyl groups is 1. The molecule has 0 spiro atoms. The summed E-state index contributed by atoms with van der Waals surface area (Å²) in [4.78, 5) is 16.1. The second-order valence-corrected chi connectivity index (χ2v) is 4.82. The Hall–Kier alpha value is -3.15. The van der Waals surface area contributed by atoms with Gasteiger partial charge in [-0.3, -0.25) is 4.79 Å². The van der Waals surface area contributed by atoms with Crippen LogP contribution in [-0.4, -0.2) is 25.8 Å². The van der Waals surface area contributed by atoms with Crippen LogP contribution < -0.4 is 5.32 Å². The van der Waals surface area contributed by atoms with Crippen LogP contribution in [0.15, 0.2) is 54.9 Å². The number of amides is 1. The first-order valence-corrected chi connectivity index (χ1v) is 6.71. The monoisotopic (exact) mass is 294 g/mol. The molecule has 2 N–H and O–H groups in total. The van der Waals surface area contributed by atoms with Gasteiger partial charge < -0.3 is 10.4 Å². The van der Waals surface area contributed by atoms with Gasteiger partial charge in [-0.05, 0) is 31.2 Å². The van der Waals surface area contributed by atoms with Gasteiger partial charge in [0.15, 0.2) is 0 Å². The molecule has 110 valence electrons. The number of aromatic nitrogens is 3. The van der Waals surface area contributed by atoms with Crippen LogP contribution in [-0.2, 0) is 0 Å². The van der Waals surface area contributed by atoms with Gasteiger partial charge in [-0.1, -0.05) is 29.8 Å². The number of aryl methyl sites for hydroxylation is 1. The van der Waals surface area contributed by atoms with Crippen LogP contribution in [0.5, 0.6) is 5.75 Å². The van der Waals surface area contributed by atoms with Crippen LogP contribution >= 0.6 is 0 Å². The molecule has 0 saturated carbocycles. The second-order valence-electron chi connectivity index (χ2n) is 4.82. The van der Waals surface area contributed by atoms with E-state index in [2.05, 4.69) is 15.4 Å². The van der Waals surface area contributed by atoms with Crippen molar-refractivity contribution in [2.24, 2.45) is 0 Å². The van der Waals surface area contributed by atoms with Crippen molar-refractivity contribution in [1.29, 1.82) is 0 Å². The van der Waals surface area contributed by atoms with Gasteiger partial charge in [-0.15, -0.1) is 5.10 Å². The highest BCUT2D eigenvalue weighted by atomic mass is 16.3. The molecule has 6 heteroatoms. The zero-order valence-corrected chi connectivity index (χ0v) is 11.9. The summed E-state index contributed by atoms with van der Waals surface area (Å²) in [6.45, 7) is 2.00. The Morgan fingerprint density at radius 2 is 1.86 bits per heavy atom. The third-order valence-electron chi connectivity index (χ3n) is 3.15. The van der Waals surface area contributed by atoms with Crippen molar-refractivity contribution in [3.05, 3.63) is 66.2 Å². The van der Waals surface area contributed by atoms with E-state index in [1.165, 1.54) is 17.1 Å². The molecule has 0 aliphatic rings. The average Bonchev–Trinajstić information content (AvgIpc) is 3.00. The van der Waals surface area contributed by atoms with Crippen LogP contribution in [0.4, 0.5) is 5.69 Å². The number of anilines is 1. The number of carbonyl (C=O) groups is 1. The van der Waals surface area contributed by atoms with E-state index in [-0.39, 0.29) is 11.6 Å². The molecular formula is C16H14N4O2. The predicted molar refractivity (Wildman–Crippen MR) is 82.2 cm³/mol. The fourth-order valence-electron chi connectivity index (χ4n) is 1.95. The summed E-state index contributed by atoms with van der Waals surface area (Å²) in [5.74, 6) is -0.454. The highest BCUT2D eigenvalue weighted by molar-refractivity contribution is 6.02. The van der Waals surface area contributed by atoms with Crippen molar-refractivity contribution in [3.8, 4) is 11.4 Å². The van der Waals surface area contributed by atoms with Gasteiger partial charge in [0.05, 0.1) is 11.4 Å². The number of carbonyl (C=O) groups excluding carboxylic acids is 1. The third-order valence-corrected chi connectivity index (χ3v) is 3.15. The molecule has 0 aliphatic heterocycles. The van der Waals surface area contributed by atoms with Crippen molar-refractivity contribution in [2.75, 3.05) is 5.32 Å². The average molecular weight is 294 g/mol. The Morgan fingerprint density at radius 3 is 2.59 bits per heavy atom. The third kappa shape index (κ3) is 2.80. The minimum Gasteiger partial charge on any atom is -0.506 e. The Labute approximate surface area is 127 Å². The maximum atomic E-state index is 12.1. The molecule has 0 radical (unpaired) electrons. The number of hydrogen-bond acceptors (Lipinski definition) is 4. The predicted octanol–water partition coefficient (Wildman–Crippen LogP) is 2.53. The summed E-state index contributed by atoms with van der Waals surface area (Å²) in [6, 6.07) is 14.2. The molecule has 0 aliphatic carbocycles. The van der Waals surface area contributed by atoms with E-state index >= 15 is 0 Å². The standard InChI is InChI=1S/C16H14N4O2/c1-11-6-8-12(9-7-11)20-10-17-15(19-20)16(22)18-13-4-2-3-5-14(13)21/h2-10,21H,1H3,(H,18,22). The lowest BCUT2D eigenvalue weighted by atomic mass is 10.2. The van der Waals surface area contributed by atoms with Crippen molar-refractivity contribution in [1.82, 2.24) is 14.8 Å². The highest BCUT2D eigenvalue weighted by Crippen LogP contribution is 2.21. The van der Waals surface area contributed by atoms with Crippen LogP contribution in [0.1, 0.15) is 16.2 Å². The van der Waals surface area contributed by atoms with E-state index in [4.69, 9.17) is 0 Å². The zero-order valence-electron chi connectivity index (χ0n) is 11.9. The Morgan fingerprint density at radius 1 is 1.14 bits per heavy atom. The lowest BCUT2D eigenvalue weighted by Crippen LogP contribution is -2.14. The lowest BCUT2D eigenvalue weighted by Gasteiger charge is -2.04. The fraction of sp³-hybridized carbons (Fsp3) is 0.0625. The van der Waals surface area contributed by atoms with E-state index in [0.717, 1.165) is 11.3 Å². The number of nitrogens with zero attached hydrogens (tertiary/aromatic N) is 3. The van der Waals surface area contributed by atoms with Gasteiger partial charge in [0.25, 0.3) is 5.91 Å². The molecule has 0 atom stereocenters. The molecule has 1 amide bonds. The minimum atomic E-state index is -0.479. The molecule has 22 heavy (non-hydrogen) atoms. The van der Waals surface area contributed by atoms with Gasteiger partial charge in [-0.2, -0.15) is 0 Å². The smallest absolute Gasteiger partial charge is 0.295 e. The first kappa shape index (κ1) is 13.8. The molecule has 1 aromatic heterocycles. The highest BCUT2D eigenvalue weighted by Gasteiger charge is 2.13. The molecule has 0 bridgehead atoms. The largest absolute Gasteiger partial charge is 0.506 e. The van der Waals surface area contributed by atoms with Crippen LogP contribution in [0.3, 0.4) is 0 Å². The molecule has 1 heterocycles. The van der Waals surface area contributed by atoms with Crippen LogP contribution in [0, 0.1) is 6.92 Å². The quantitative estimate of drug-likeness (QED) is 0.727. The Kier molecular flexibility index (Phi) is 3.57. The summed E-state index contributed by atoms with van der Waals surface area (Å²) in [5.41, 5.74) is 2.28. The minimum absolute atomic E-state index is 0.00572. The van der Waals surface area contributed by atoms with Crippen molar-refractivity contribution in [3.63, 3.8) is 0 Å². The maximum Gasteiger partial charge on any atom is 0.295 e. The molecule has 6 nitrogen and oxygen atoms in total. The number of nitrogens with one attached hydrogen (secondary N) is 1. The van der Waals surface area contributed by atoms with E-state index < -0.39 is 5.91 Å². The number of phenolic OH excluding ortho intramolecular Hbond substituents is 1. The number of phenols is 1. The summed E-state index contributed by atoms with van der Waals surface area (Å²) >= 11 is 0. The van der Waals surface area contributed by atoms with Crippen molar-refractivity contribution >= 4 is 11.6 Å². The Bertz CT molecular complexity index is 809. The lowest BCUT2D eigenvalue weighted by molar-refractivity contribution is 0.101. The molecule has 0 fully saturated rings. The van der Waals surface area contributed by atoms with Gasteiger partial charge in [0, 0.05) is 0 Å². The summed E-state index contributed by atoms with van der Waals surface area (Å²) in [5, 5.41) is 16.4. The first-order valence-electron chi connectivity index (χ1n) is 6.71. The summed E-state index contributed by atoms with van der Waals surface area (Å²) < 4.78 is 1.53. The van der Waals surface area contributed by atoms with Gasteiger partial charge >= 0.3 is 0 Å². The molecule has 3 rings (SSSR count). The molecule has 2 aromatic carbocycles. The molecule has 3 aromatic rings. The zero-order chi connectivity index (χ0) is 15.5. The molecule has 0 saturated heterocycles. The van der Waals surface area contributed by atoms with Crippen molar-refractivity contribution in [2.45, 2.75) is 6.92 Å². The van der Waals surface area contributed by atoms with E-state index in [9.17, 15) is 9.90 Å². The van der Waals surface area contributed by atoms with Crippen LogP contribution in [0.2, 0.25) is 0 Å². The first-order chi connectivity index (χ1) is 10.6. The van der Waals surface area contributed by atoms with E-state index in [1.54, 1.807) is 18.2 Å². The normalized spacial score (nSPS) is 10.4.